The van der Waals surface area contributed by atoms with Crippen molar-refractivity contribution in [3.05, 3.63) is 74.6 Å². The molecule has 0 aliphatic heterocycles. The Kier molecular flexibility index (Phi) is 5.89. The Morgan fingerprint density at radius 2 is 1.94 bits per heavy atom. The third-order valence-corrected chi connectivity index (χ3v) is 4.51. The van der Waals surface area contributed by atoms with Gasteiger partial charge in [0.05, 0.1) is 16.7 Å². The molecule has 0 aliphatic carbocycles. The van der Waals surface area contributed by atoms with Crippen molar-refractivity contribution in [1.29, 1.82) is 0 Å². The fraction of sp³-hybridized carbons (Fsp3) is 0.158. The molecule has 0 fully saturated rings. The summed E-state index contributed by atoms with van der Waals surface area (Å²) in [5.74, 6) is -0.548. The Morgan fingerprint density at radius 3 is 2.52 bits per heavy atom. The molecular weight excluding hydrogens is 441 g/mol. The summed E-state index contributed by atoms with van der Waals surface area (Å²) in [7, 11) is 1.12. The van der Waals surface area contributed by atoms with Crippen molar-refractivity contribution in [2.45, 2.75) is 13.1 Å². The van der Waals surface area contributed by atoms with Crippen molar-refractivity contribution in [2.24, 2.45) is 7.05 Å². The maximum absolute atomic E-state index is 13.0. The lowest BCUT2D eigenvalue weighted by Crippen LogP contribution is -2.16. The number of ether oxygens (including phenoxy) is 1. The summed E-state index contributed by atoms with van der Waals surface area (Å²) in [5, 5.41) is 15.9. The summed E-state index contributed by atoms with van der Waals surface area (Å²) in [5.41, 5.74) is -1.67. The van der Waals surface area contributed by atoms with E-state index in [1.807, 2.05) is 0 Å². The molecule has 0 saturated carbocycles. The van der Waals surface area contributed by atoms with Gasteiger partial charge in [-0.05, 0) is 18.6 Å². The van der Waals surface area contributed by atoms with E-state index in [9.17, 15) is 28.1 Å². The van der Waals surface area contributed by atoms with E-state index in [2.05, 4.69) is 10.4 Å². The van der Waals surface area contributed by atoms with Gasteiger partial charge in [0.25, 0.3) is 11.6 Å². The minimum Gasteiger partial charge on any atom is -0.457 e. The molecule has 8 nitrogen and oxygen atoms in total. The zero-order chi connectivity index (χ0) is 22.9. The molecule has 1 aromatic heterocycles. The number of alkyl halides is 3. The smallest absolute Gasteiger partial charge is 0.436 e. The molecule has 31 heavy (non-hydrogen) atoms. The van der Waals surface area contributed by atoms with Gasteiger partial charge >= 0.3 is 6.18 Å². The SMILES string of the molecule is Cc1ccccc1Oc1cc(NC(=O)c2c(Cl)c(C(F)(F)F)nn2C)cc([N+](=O)[O-])c1. The van der Waals surface area contributed by atoms with Gasteiger partial charge in [0.15, 0.2) is 5.69 Å². The third kappa shape index (κ3) is 4.77. The average Bonchev–Trinajstić information content (AvgIpc) is 2.98. The summed E-state index contributed by atoms with van der Waals surface area (Å²) in [6, 6.07) is 10.4. The number of nitro groups is 1. The molecular formula is C19H14ClF3N4O4. The molecule has 3 aromatic rings. The van der Waals surface area contributed by atoms with Crippen LogP contribution >= 0.6 is 11.6 Å². The highest BCUT2D eigenvalue weighted by Crippen LogP contribution is 2.36. The van der Waals surface area contributed by atoms with E-state index in [1.165, 1.54) is 6.07 Å². The first-order chi connectivity index (χ1) is 14.5. The maximum atomic E-state index is 13.0. The topological polar surface area (TPSA) is 99.3 Å². The first-order valence-corrected chi connectivity index (χ1v) is 8.99. The van der Waals surface area contributed by atoms with Crippen molar-refractivity contribution in [1.82, 2.24) is 9.78 Å². The second-order valence-electron chi connectivity index (χ2n) is 6.43. The van der Waals surface area contributed by atoms with Crippen LogP contribution in [0, 0.1) is 17.0 Å². The van der Waals surface area contributed by atoms with Gasteiger partial charge in [-0.1, -0.05) is 29.8 Å². The number of anilines is 1. The van der Waals surface area contributed by atoms with Crippen LogP contribution in [0.25, 0.3) is 0 Å². The molecule has 3 rings (SSSR count). The van der Waals surface area contributed by atoms with Crippen molar-refractivity contribution < 1.29 is 27.6 Å². The number of hydrogen-bond donors (Lipinski definition) is 1. The Bertz CT molecular complexity index is 1180. The number of nitrogens with one attached hydrogen (secondary N) is 1. The lowest BCUT2D eigenvalue weighted by Gasteiger charge is -2.11. The predicted molar refractivity (Wildman–Crippen MR) is 106 cm³/mol. The first-order valence-electron chi connectivity index (χ1n) is 8.61. The number of amides is 1. The summed E-state index contributed by atoms with van der Waals surface area (Å²) in [4.78, 5) is 23.2. The zero-order valence-corrected chi connectivity index (χ0v) is 16.8. The van der Waals surface area contributed by atoms with Crippen molar-refractivity contribution in [2.75, 3.05) is 5.32 Å². The normalized spacial score (nSPS) is 11.3. The molecule has 12 heteroatoms. The third-order valence-electron chi connectivity index (χ3n) is 4.15. The zero-order valence-electron chi connectivity index (χ0n) is 16.0. The van der Waals surface area contributed by atoms with Gasteiger partial charge in [0.2, 0.25) is 0 Å². The number of nitrogens with zero attached hydrogens (tertiary/aromatic N) is 3. The Hall–Kier alpha value is -3.60. The molecule has 0 radical (unpaired) electrons. The van der Waals surface area contributed by atoms with Gasteiger partial charge < -0.3 is 10.1 Å². The van der Waals surface area contributed by atoms with E-state index in [0.717, 1.165) is 24.7 Å². The minimum atomic E-state index is -4.85. The largest absolute Gasteiger partial charge is 0.457 e. The van der Waals surface area contributed by atoms with Crippen LogP contribution < -0.4 is 10.1 Å². The number of non-ortho nitro benzene ring substituents is 1. The van der Waals surface area contributed by atoms with Crippen molar-refractivity contribution in [3.8, 4) is 11.5 Å². The van der Waals surface area contributed by atoms with E-state index in [1.54, 1.807) is 31.2 Å². The predicted octanol–water partition coefficient (Wildman–Crippen LogP) is 5.35. The Balaban J connectivity index is 1.95. The van der Waals surface area contributed by atoms with Crippen LogP contribution in [0.1, 0.15) is 21.7 Å². The van der Waals surface area contributed by atoms with Crippen LogP contribution in [-0.2, 0) is 13.2 Å². The van der Waals surface area contributed by atoms with E-state index < -0.39 is 39.1 Å². The summed E-state index contributed by atoms with van der Waals surface area (Å²) in [6.45, 7) is 1.78. The van der Waals surface area contributed by atoms with Crippen LogP contribution in [-0.4, -0.2) is 20.6 Å². The number of nitro benzene ring substituents is 1. The molecule has 162 valence electrons. The molecule has 0 aliphatic rings. The number of para-hydroxylation sites is 1. The number of aromatic nitrogens is 2. The Morgan fingerprint density at radius 1 is 1.26 bits per heavy atom. The summed E-state index contributed by atoms with van der Waals surface area (Å²) in [6.07, 6.45) is -4.85. The van der Waals surface area contributed by atoms with Crippen molar-refractivity contribution in [3.63, 3.8) is 0 Å². The van der Waals surface area contributed by atoms with Gasteiger partial charge in [-0.25, -0.2) is 0 Å². The summed E-state index contributed by atoms with van der Waals surface area (Å²) >= 11 is 5.72. The average molecular weight is 455 g/mol. The molecule has 1 amide bonds. The van der Waals surface area contributed by atoms with Crippen LogP contribution in [0.3, 0.4) is 0 Å². The van der Waals surface area contributed by atoms with Crippen LogP contribution in [0.15, 0.2) is 42.5 Å². The fourth-order valence-electron chi connectivity index (χ4n) is 2.73. The molecule has 0 atom stereocenters. The molecule has 0 spiro atoms. The number of halogens is 4. The maximum Gasteiger partial charge on any atom is 0.436 e. The number of rotatable bonds is 5. The van der Waals surface area contributed by atoms with Gasteiger partial charge in [-0.15, -0.1) is 0 Å². The monoisotopic (exact) mass is 454 g/mol. The van der Waals surface area contributed by atoms with Gasteiger partial charge in [-0.2, -0.15) is 18.3 Å². The van der Waals surface area contributed by atoms with Gasteiger partial charge in [0, 0.05) is 19.2 Å². The highest BCUT2D eigenvalue weighted by atomic mass is 35.5. The number of hydrogen-bond acceptors (Lipinski definition) is 5. The van der Waals surface area contributed by atoms with Crippen LogP contribution in [0.5, 0.6) is 11.5 Å². The molecule has 0 saturated heterocycles. The van der Waals surface area contributed by atoms with Crippen LogP contribution in [0.2, 0.25) is 5.02 Å². The van der Waals surface area contributed by atoms with Gasteiger partial charge in [0.1, 0.15) is 22.2 Å². The fourth-order valence-corrected chi connectivity index (χ4v) is 3.09. The lowest BCUT2D eigenvalue weighted by molar-refractivity contribution is -0.384. The number of benzene rings is 2. The van der Waals surface area contributed by atoms with Gasteiger partial charge in [-0.3, -0.25) is 19.6 Å². The number of carbonyl (C=O) groups is 1. The van der Waals surface area contributed by atoms with E-state index in [-0.39, 0.29) is 11.4 Å². The molecule has 0 bridgehead atoms. The molecule has 0 unspecified atom stereocenters. The van der Waals surface area contributed by atoms with Crippen molar-refractivity contribution >= 4 is 28.9 Å². The minimum absolute atomic E-state index is 0.0471. The van der Waals surface area contributed by atoms with E-state index in [4.69, 9.17) is 16.3 Å². The molecule has 1 N–H and O–H groups in total. The van der Waals surface area contributed by atoms with E-state index in [0.29, 0.717) is 10.4 Å². The highest BCUT2D eigenvalue weighted by molar-refractivity contribution is 6.34. The summed E-state index contributed by atoms with van der Waals surface area (Å²) < 4.78 is 45.3. The first kappa shape index (κ1) is 22.1. The standard InChI is InChI=1S/C19H14ClF3N4O4/c1-10-5-3-4-6-14(10)31-13-8-11(7-12(9-13)27(29)30)24-18(28)16-15(20)17(19(21,22)23)25-26(16)2/h3-9H,1-2H3,(H,24,28). The second-order valence-corrected chi connectivity index (χ2v) is 6.80. The molecule has 2 aromatic carbocycles. The quantitative estimate of drug-likeness (QED) is 0.413. The molecule has 1 heterocycles. The van der Waals surface area contributed by atoms with Crippen LogP contribution in [0.4, 0.5) is 24.5 Å². The highest BCUT2D eigenvalue weighted by Gasteiger charge is 2.39. The second kappa shape index (κ2) is 8.26. The lowest BCUT2D eigenvalue weighted by atomic mass is 10.2. The van der Waals surface area contributed by atoms with E-state index >= 15 is 0 Å². The Labute approximate surface area is 178 Å². The number of carbonyl (C=O) groups excluding carboxylic acids is 1. The number of aryl methyl sites for hydroxylation is 2.